The second kappa shape index (κ2) is 4.55. The first-order chi connectivity index (χ1) is 8.00. The first-order valence-corrected chi connectivity index (χ1v) is 5.88. The Morgan fingerprint density at radius 2 is 1.76 bits per heavy atom. The molecule has 0 N–H and O–H groups in total. The molecule has 1 aromatic heterocycles. The van der Waals surface area contributed by atoms with E-state index in [0.717, 1.165) is 5.56 Å². The molecule has 0 fully saturated rings. The first-order valence-electron chi connectivity index (χ1n) is 5.12. The average molecular weight is 268 g/mol. The minimum atomic E-state index is -0.0476. The maximum absolute atomic E-state index is 12.3. The Hall–Kier alpha value is -1.25. The summed E-state index contributed by atoms with van der Waals surface area (Å²) in [5, 5.41) is 1.22. The maximum Gasteiger partial charge on any atom is 0.209 e. The second-order valence-corrected chi connectivity index (χ2v) is 4.74. The van der Waals surface area contributed by atoms with Gasteiger partial charge in [-0.1, -0.05) is 23.2 Å². The van der Waals surface area contributed by atoms with Crippen LogP contribution in [-0.4, -0.2) is 10.4 Å². The van der Waals surface area contributed by atoms with Gasteiger partial charge in [0.25, 0.3) is 0 Å². The Bertz CT molecular complexity index is 570. The summed E-state index contributed by atoms with van der Waals surface area (Å²) >= 11 is 11.8. The highest BCUT2D eigenvalue weighted by atomic mass is 35.5. The Morgan fingerprint density at radius 3 is 2.24 bits per heavy atom. The third-order valence-electron chi connectivity index (χ3n) is 2.69. The van der Waals surface area contributed by atoms with E-state index in [2.05, 4.69) is 0 Å². The van der Waals surface area contributed by atoms with E-state index in [9.17, 15) is 4.79 Å². The van der Waals surface area contributed by atoms with Crippen molar-refractivity contribution in [1.82, 2.24) is 4.57 Å². The standard InChI is InChI=1S/C13H11Cl2NO/c1-8-11(15)7-16(2)12(8)13(17)9-3-5-10(14)6-4-9/h3-7H,1-2H3. The Labute approximate surface area is 110 Å². The molecule has 0 aliphatic heterocycles. The molecule has 0 saturated heterocycles. The van der Waals surface area contributed by atoms with Gasteiger partial charge in [-0.3, -0.25) is 4.79 Å². The van der Waals surface area contributed by atoms with Gasteiger partial charge >= 0.3 is 0 Å². The van der Waals surface area contributed by atoms with Crippen LogP contribution in [0.1, 0.15) is 21.6 Å². The van der Waals surface area contributed by atoms with Crippen molar-refractivity contribution in [1.29, 1.82) is 0 Å². The monoisotopic (exact) mass is 267 g/mol. The fourth-order valence-corrected chi connectivity index (χ4v) is 2.14. The Morgan fingerprint density at radius 1 is 1.18 bits per heavy atom. The van der Waals surface area contributed by atoms with Crippen LogP contribution in [0, 0.1) is 6.92 Å². The number of hydrogen-bond acceptors (Lipinski definition) is 1. The quantitative estimate of drug-likeness (QED) is 0.758. The van der Waals surface area contributed by atoms with Gasteiger partial charge < -0.3 is 4.57 Å². The van der Waals surface area contributed by atoms with Gasteiger partial charge in [-0.2, -0.15) is 0 Å². The molecule has 0 unspecified atom stereocenters. The van der Waals surface area contributed by atoms with Crippen LogP contribution in [0.3, 0.4) is 0 Å². The second-order valence-electron chi connectivity index (χ2n) is 3.90. The van der Waals surface area contributed by atoms with E-state index in [0.29, 0.717) is 21.3 Å². The molecule has 88 valence electrons. The number of benzene rings is 1. The van der Waals surface area contributed by atoms with Gasteiger partial charge in [0.05, 0.1) is 10.7 Å². The highest BCUT2D eigenvalue weighted by Crippen LogP contribution is 2.23. The lowest BCUT2D eigenvalue weighted by Gasteiger charge is -2.04. The van der Waals surface area contributed by atoms with Crippen molar-refractivity contribution >= 4 is 29.0 Å². The lowest BCUT2D eigenvalue weighted by Crippen LogP contribution is -2.08. The summed E-state index contributed by atoms with van der Waals surface area (Å²) in [6, 6.07) is 6.83. The smallest absolute Gasteiger partial charge is 0.209 e. The van der Waals surface area contributed by atoms with E-state index in [4.69, 9.17) is 23.2 Å². The maximum atomic E-state index is 12.3. The zero-order valence-electron chi connectivity index (χ0n) is 9.50. The molecule has 0 aliphatic rings. The fraction of sp³-hybridized carbons (Fsp3) is 0.154. The predicted octanol–water partition coefficient (Wildman–Crippen LogP) is 3.87. The van der Waals surface area contributed by atoms with E-state index in [1.165, 1.54) is 0 Å². The topological polar surface area (TPSA) is 22.0 Å². The number of ketones is 1. The van der Waals surface area contributed by atoms with Crippen molar-refractivity contribution in [3.05, 3.63) is 57.3 Å². The van der Waals surface area contributed by atoms with E-state index < -0.39 is 0 Å². The highest BCUT2D eigenvalue weighted by molar-refractivity contribution is 6.32. The normalized spacial score (nSPS) is 10.6. The minimum absolute atomic E-state index is 0.0476. The molecule has 0 aliphatic carbocycles. The first kappa shape index (κ1) is 12.2. The molecule has 1 heterocycles. The van der Waals surface area contributed by atoms with Crippen LogP contribution in [0.2, 0.25) is 10.0 Å². The molecule has 0 bridgehead atoms. The number of carbonyl (C=O) groups is 1. The van der Waals surface area contributed by atoms with Crippen molar-refractivity contribution < 1.29 is 4.79 Å². The number of nitrogens with zero attached hydrogens (tertiary/aromatic N) is 1. The van der Waals surface area contributed by atoms with Crippen LogP contribution in [-0.2, 0) is 7.05 Å². The lowest BCUT2D eigenvalue weighted by molar-refractivity contribution is 0.103. The zero-order chi connectivity index (χ0) is 12.6. The van der Waals surface area contributed by atoms with Crippen molar-refractivity contribution in [3.8, 4) is 0 Å². The van der Waals surface area contributed by atoms with Gasteiger partial charge in [0, 0.05) is 23.8 Å². The van der Waals surface area contributed by atoms with Crippen molar-refractivity contribution in [2.45, 2.75) is 6.92 Å². The van der Waals surface area contributed by atoms with Gasteiger partial charge in [0.2, 0.25) is 5.78 Å². The molecular weight excluding hydrogens is 257 g/mol. The molecule has 4 heteroatoms. The minimum Gasteiger partial charge on any atom is -0.346 e. The summed E-state index contributed by atoms with van der Waals surface area (Å²) in [5.74, 6) is -0.0476. The largest absolute Gasteiger partial charge is 0.346 e. The number of rotatable bonds is 2. The van der Waals surface area contributed by atoms with E-state index in [1.54, 1.807) is 35.0 Å². The number of aryl methyl sites for hydroxylation is 1. The molecule has 1 aromatic carbocycles. The summed E-state index contributed by atoms with van der Waals surface area (Å²) in [4.78, 5) is 12.3. The molecule has 17 heavy (non-hydrogen) atoms. The van der Waals surface area contributed by atoms with Gasteiger partial charge in [0.15, 0.2) is 0 Å². The SMILES string of the molecule is Cc1c(Cl)cn(C)c1C(=O)c1ccc(Cl)cc1. The Balaban J connectivity index is 2.47. The van der Waals surface area contributed by atoms with E-state index >= 15 is 0 Å². The molecular formula is C13H11Cl2NO. The summed E-state index contributed by atoms with van der Waals surface area (Å²) in [6.07, 6.45) is 1.74. The Kier molecular flexibility index (Phi) is 3.27. The molecule has 0 spiro atoms. The van der Waals surface area contributed by atoms with E-state index in [1.807, 2.05) is 14.0 Å². The van der Waals surface area contributed by atoms with Gasteiger partial charge in [-0.05, 0) is 36.8 Å². The van der Waals surface area contributed by atoms with Crippen LogP contribution < -0.4 is 0 Å². The molecule has 0 saturated carbocycles. The van der Waals surface area contributed by atoms with Crippen LogP contribution in [0.25, 0.3) is 0 Å². The predicted molar refractivity (Wildman–Crippen MR) is 70.0 cm³/mol. The molecule has 2 aromatic rings. The van der Waals surface area contributed by atoms with Crippen molar-refractivity contribution in [2.75, 3.05) is 0 Å². The van der Waals surface area contributed by atoms with Crippen LogP contribution in [0.4, 0.5) is 0 Å². The summed E-state index contributed by atoms with van der Waals surface area (Å²) in [6.45, 7) is 1.84. The van der Waals surface area contributed by atoms with Crippen LogP contribution in [0.15, 0.2) is 30.5 Å². The lowest BCUT2D eigenvalue weighted by atomic mass is 10.1. The molecule has 0 atom stereocenters. The molecule has 2 nitrogen and oxygen atoms in total. The number of hydrogen-bond donors (Lipinski definition) is 0. The number of halogens is 2. The van der Waals surface area contributed by atoms with Crippen molar-refractivity contribution in [2.24, 2.45) is 7.05 Å². The van der Waals surface area contributed by atoms with Gasteiger partial charge in [0.1, 0.15) is 0 Å². The fourth-order valence-electron chi connectivity index (χ4n) is 1.78. The third kappa shape index (κ3) is 2.24. The average Bonchev–Trinajstić information content (AvgIpc) is 2.53. The van der Waals surface area contributed by atoms with Crippen LogP contribution in [0.5, 0.6) is 0 Å². The summed E-state index contributed by atoms with van der Waals surface area (Å²) < 4.78 is 1.74. The molecule has 0 amide bonds. The van der Waals surface area contributed by atoms with Gasteiger partial charge in [-0.25, -0.2) is 0 Å². The highest BCUT2D eigenvalue weighted by Gasteiger charge is 2.17. The van der Waals surface area contributed by atoms with E-state index in [-0.39, 0.29) is 5.78 Å². The summed E-state index contributed by atoms with van der Waals surface area (Å²) in [7, 11) is 1.81. The van der Waals surface area contributed by atoms with Crippen molar-refractivity contribution in [3.63, 3.8) is 0 Å². The molecule has 2 rings (SSSR count). The molecule has 0 radical (unpaired) electrons. The van der Waals surface area contributed by atoms with Gasteiger partial charge in [-0.15, -0.1) is 0 Å². The van der Waals surface area contributed by atoms with Crippen LogP contribution >= 0.6 is 23.2 Å². The number of carbonyl (C=O) groups excluding carboxylic acids is 1. The number of aromatic nitrogens is 1. The third-order valence-corrected chi connectivity index (χ3v) is 3.33. The zero-order valence-corrected chi connectivity index (χ0v) is 11.0. The summed E-state index contributed by atoms with van der Waals surface area (Å²) in [5.41, 5.74) is 2.02.